The van der Waals surface area contributed by atoms with E-state index < -0.39 is 0 Å². The normalized spacial score (nSPS) is 10.9. The molecule has 0 atom stereocenters. The third kappa shape index (κ3) is 2.87. The summed E-state index contributed by atoms with van der Waals surface area (Å²) >= 11 is 0. The predicted octanol–water partition coefficient (Wildman–Crippen LogP) is 7.24. The van der Waals surface area contributed by atoms with Crippen LogP contribution in [0.1, 0.15) is 0 Å². The van der Waals surface area contributed by atoms with Crippen molar-refractivity contribution in [3.63, 3.8) is 0 Å². The van der Waals surface area contributed by atoms with Gasteiger partial charge in [-0.15, -0.1) is 0 Å². The second kappa shape index (κ2) is 7.13. The van der Waals surface area contributed by atoms with Crippen LogP contribution in [0.15, 0.2) is 115 Å². The van der Waals surface area contributed by atoms with E-state index in [2.05, 4.69) is 109 Å². The molecule has 4 aromatic carbocycles. The summed E-state index contributed by atoms with van der Waals surface area (Å²) in [6.45, 7) is 0. The van der Waals surface area contributed by atoms with Crippen molar-refractivity contribution in [3.8, 4) is 33.5 Å². The van der Waals surface area contributed by atoms with E-state index >= 15 is 0 Å². The van der Waals surface area contributed by atoms with Gasteiger partial charge in [0.25, 0.3) is 0 Å². The van der Waals surface area contributed by atoms with E-state index in [9.17, 15) is 0 Å². The second-order valence-corrected chi connectivity index (χ2v) is 6.83. The van der Waals surface area contributed by atoms with Crippen LogP contribution in [0.4, 0.5) is 0 Å². The molecule has 0 aliphatic rings. The van der Waals surface area contributed by atoms with Crippen LogP contribution in [0.5, 0.6) is 0 Å². The summed E-state index contributed by atoms with van der Waals surface area (Å²) in [4.78, 5) is 5.11. The van der Waals surface area contributed by atoms with Crippen molar-refractivity contribution in [1.82, 2.24) is 4.98 Å². The number of rotatable bonds is 3. The van der Waals surface area contributed by atoms with Gasteiger partial charge in [0.2, 0.25) is 0 Å². The number of para-hydroxylation sites is 1. The zero-order valence-electron chi connectivity index (χ0n) is 15.4. The Labute approximate surface area is 165 Å². The molecule has 0 unspecified atom stereocenters. The van der Waals surface area contributed by atoms with Crippen LogP contribution in [0.3, 0.4) is 0 Å². The molecule has 0 amide bonds. The number of benzene rings is 4. The summed E-state index contributed by atoms with van der Waals surface area (Å²) in [6, 6.07) is 40.1. The standard InChI is InChI=1S/C27H19N/c1-4-12-20(13-5-1)25-23-18-10-11-19-24(23)28-27(22-16-8-3-9-17-22)26(25)21-14-6-2-7-15-21/h1-19H. The Kier molecular flexibility index (Phi) is 4.19. The molecule has 28 heavy (non-hydrogen) atoms. The van der Waals surface area contributed by atoms with Crippen LogP contribution in [0, 0.1) is 0 Å². The Bertz CT molecular complexity index is 1230. The summed E-state index contributed by atoms with van der Waals surface area (Å²) in [5, 5.41) is 1.17. The highest BCUT2D eigenvalue weighted by Gasteiger charge is 2.18. The van der Waals surface area contributed by atoms with Crippen molar-refractivity contribution < 1.29 is 0 Å². The van der Waals surface area contributed by atoms with E-state index in [1.807, 2.05) is 6.07 Å². The van der Waals surface area contributed by atoms with Crippen LogP contribution in [0.25, 0.3) is 44.4 Å². The van der Waals surface area contributed by atoms with Gasteiger partial charge in [-0.2, -0.15) is 0 Å². The molecule has 1 aromatic heterocycles. The van der Waals surface area contributed by atoms with Gasteiger partial charge in [-0.05, 0) is 17.2 Å². The Balaban J connectivity index is 1.97. The van der Waals surface area contributed by atoms with E-state index in [0.29, 0.717) is 0 Å². The van der Waals surface area contributed by atoms with E-state index in [0.717, 1.165) is 16.8 Å². The van der Waals surface area contributed by atoms with Gasteiger partial charge in [0.15, 0.2) is 0 Å². The van der Waals surface area contributed by atoms with Gasteiger partial charge >= 0.3 is 0 Å². The molecule has 0 aliphatic carbocycles. The van der Waals surface area contributed by atoms with Gasteiger partial charge in [0, 0.05) is 22.1 Å². The lowest BCUT2D eigenvalue weighted by Crippen LogP contribution is -1.96. The van der Waals surface area contributed by atoms with Gasteiger partial charge in [-0.1, -0.05) is 109 Å². The van der Waals surface area contributed by atoms with Crippen molar-refractivity contribution >= 4 is 10.9 Å². The maximum Gasteiger partial charge on any atom is 0.0794 e. The fourth-order valence-corrected chi connectivity index (χ4v) is 3.81. The Morgan fingerprint density at radius 2 is 0.857 bits per heavy atom. The van der Waals surface area contributed by atoms with Crippen molar-refractivity contribution in [2.75, 3.05) is 0 Å². The SMILES string of the molecule is c1ccc(-c2nc3ccccc3c(-c3ccccc3)c2-c2ccccc2)cc1. The molecule has 5 rings (SSSR count). The van der Waals surface area contributed by atoms with Gasteiger partial charge in [-0.3, -0.25) is 0 Å². The van der Waals surface area contributed by atoms with E-state index in [4.69, 9.17) is 4.98 Å². The van der Waals surface area contributed by atoms with E-state index in [-0.39, 0.29) is 0 Å². The van der Waals surface area contributed by atoms with Crippen LogP contribution < -0.4 is 0 Å². The molecule has 0 N–H and O–H groups in total. The van der Waals surface area contributed by atoms with Crippen LogP contribution in [-0.4, -0.2) is 4.98 Å². The maximum absolute atomic E-state index is 5.11. The van der Waals surface area contributed by atoms with Crippen LogP contribution in [0.2, 0.25) is 0 Å². The average molecular weight is 357 g/mol. The molecule has 0 spiro atoms. The Morgan fingerprint density at radius 1 is 0.393 bits per heavy atom. The number of aromatic nitrogens is 1. The highest BCUT2D eigenvalue weighted by atomic mass is 14.7. The lowest BCUT2D eigenvalue weighted by Gasteiger charge is -2.18. The first kappa shape index (κ1) is 16.5. The molecule has 0 aliphatic heterocycles. The third-order valence-corrected chi connectivity index (χ3v) is 5.06. The highest BCUT2D eigenvalue weighted by Crippen LogP contribution is 2.42. The van der Waals surface area contributed by atoms with Crippen molar-refractivity contribution in [2.45, 2.75) is 0 Å². The molecule has 0 radical (unpaired) electrons. The first-order valence-corrected chi connectivity index (χ1v) is 9.51. The molecule has 0 saturated carbocycles. The van der Waals surface area contributed by atoms with Crippen molar-refractivity contribution in [2.24, 2.45) is 0 Å². The van der Waals surface area contributed by atoms with Gasteiger partial charge in [-0.25, -0.2) is 4.98 Å². The fraction of sp³-hybridized carbons (Fsp3) is 0. The maximum atomic E-state index is 5.11. The number of hydrogen-bond acceptors (Lipinski definition) is 1. The topological polar surface area (TPSA) is 12.9 Å². The Morgan fingerprint density at radius 3 is 1.46 bits per heavy atom. The molecule has 132 valence electrons. The molecular weight excluding hydrogens is 338 g/mol. The van der Waals surface area contributed by atoms with Crippen LogP contribution >= 0.6 is 0 Å². The minimum absolute atomic E-state index is 1.01. The molecule has 1 heteroatoms. The smallest absolute Gasteiger partial charge is 0.0794 e. The number of fused-ring (bicyclic) bond motifs is 1. The number of hydrogen-bond donors (Lipinski definition) is 0. The molecular formula is C27H19N. The second-order valence-electron chi connectivity index (χ2n) is 6.83. The highest BCUT2D eigenvalue weighted by molar-refractivity contribution is 6.06. The summed E-state index contributed by atoms with van der Waals surface area (Å²) in [7, 11) is 0. The van der Waals surface area contributed by atoms with Gasteiger partial charge in [0.1, 0.15) is 0 Å². The average Bonchev–Trinajstić information content (AvgIpc) is 2.79. The molecule has 5 aromatic rings. The predicted molar refractivity (Wildman–Crippen MR) is 118 cm³/mol. The summed E-state index contributed by atoms with van der Waals surface area (Å²) in [6.07, 6.45) is 0. The molecule has 0 fully saturated rings. The molecule has 1 heterocycles. The van der Waals surface area contributed by atoms with Crippen LogP contribution in [-0.2, 0) is 0 Å². The van der Waals surface area contributed by atoms with Gasteiger partial charge in [0.05, 0.1) is 11.2 Å². The zero-order chi connectivity index (χ0) is 18.8. The number of nitrogens with zero attached hydrogens (tertiary/aromatic N) is 1. The summed E-state index contributed by atoms with van der Waals surface area (Å²) in [5.41, 5.74) is 7.96. The Hall–Kier alpha value is -3.71. The fourth-order valence-electron chi connectivity index (χ4n) is 3.81. The third-order valence-electron chi connectivity index (χ3n) is 5.06. The van der Waals surface area contributed by atoms with Gasteiger partial charge < -0.3 is 0 Å². The van der Waals surface area contributed by atoms with E-state index in [1.54, 1.807) is 0 Å². The molecule has 1 nitrogen and oxygen atoms in total. The monoisotopic (exact) mass is 357 g/mol. The van der Waals surface area contributed by atoms with E-state index in [1.165, 1.54) is 27.6 Å². The minimum atomic E-state index is 1.01. The van der Waals surface area contributed by atoms with Crippen molar-refractivity contribution in [1.29, 1.82) is 0 Å². The zero-order valence-corrected chi connectivity index (χ0v) is 15.4. The summed E-state index contributed by atoms with van der Waals surface area (Å²) in [5.74, 6) is 0. The lowest BCUT2D eigenvalue weighted by atomic mass is 9.88. The van der Waals surface area contributed by atoms with Crippen molar-refractivity contribution in [3.05, 3.63) is 115 Å². The molecule has 0 bridgehead atoms. The first-order chi connectivity index (χ1) is 13.9. The first-order valence-electron chi connectivity index (χ1n) is 9.51. The molecule has 0 saturated heterocycles. The number of pyridine rings is 1. The quantitative estimate of drug-likeness (QED) is 0.332. The largest absolute Gasteiger partial charge is 0.247 e. The minimum Gasteiger partial charge on any atom is -0.247 e. The lowest BCUT2D eigenvalue weighted by molar-refractivity contribution is 1.39. The summed E-state index contributed by atoms with van der Waals surface area (Å²) < 4.78 is 0.